The molecule has 19 heavy (non-hydrogen) atoms. The van der Waals surface area contributed by atoms with Crippen LogP contribution in [0.2, 0.25) is 0 Å². The number of ether oxygens (including phenoxy) is 1. The van der Waals surface area contributed by atoms with Crippen LogP contribution >= 0.6 is 0 Å². The van der Waals surface area contributed by atoms with Gasteiger partial charge in [-0.3, -0.25) is 4.79 Å². The molecule has 5 nitrogen and oxygen atoms in total. The summed E-state index contributed by atoms with van der Waals surface area (Å²) in [6.07, 6.45) is 1.26. The zero-order valence-corrected chi connectivity index (χ0v) is 11.9. The van der Waals surface area contributed by atoms with Crippen LogP contribution in [0.5, 0.6) is 5.75 Å². The van der Waals surface area contributed by atoms with Gasteiger partial charge in [0.1, 0.15) is 15.6 Å². The zero-order chi connectivity index (χ0) is 14.5. The third-order valence-electron chi connectivity index (χ3n) is 2.59. The summed E-state index contributed by atoms with van der Waals surface area (Å²) in [6, 6.07) is 5.86. The molecule has 106 valence electrons. The highest BCUT2D eigenvalue weighted by molar-refractivity contribution is 7.90. The van der Waals surface area contributed by atoms with Crippen molar-refractivity contribution in [3.8, 4) is 5.75 Å². The number of carbonyl (C=O) groups excluding carboxylic acids is 1. The number of carbonyl (C=O) groups is 1. The molecule has 0 fully saturated rings. The van der Waals surface area contributed by atoms with E-state index in [1.165, 1.54) is 0 Å². The first kappa shape index (κ1) is 15.7. The van der Waals surface area contributed by atoms with E-state index in [0.717, 1.165) is 6.26 Å². The lowest BCUT2D eigenvalue weighted by molar-refractivity contribution is 0.0960. The van der Waals surface area contributed by atoms with Gasteiger partial charge in [0.25, 0.3) is 0 Å². The molecule has 0 aromatic heterocycles. The molecular weight excluding hydrogens is 266 g/mol. The van der Waals surface area contributed by atoms with Gasteiger partial charge in [-0.2, -0.15) is 0 Å². The Labute approximate surface area is 113 Å². The van der Waals surface area contributed by atoms with Gasteiger partial charge >= 0.3 is 0 Å². The number of Topliss-reactive ketones (excluding diaryl/α,β-unsaturated/α-hetero) is 1. The Morgan fingerprint density at radius 3 is 2.37 bits per heavy atom. The van der Waals surface area contributed by atoms with E-state index in [-0.39, 0.29) is 18.0 Å². The highest BCUT2D eigenvalue weighted by Gasteiger charge is 2.17. The van der Waals surface area contributed by atoms with Gasteiger partial charge in [0.05, 0.1) is 18.4 Å². The fourth-order valence-electron chi connectivity index (χ4n) is 1.57. The first-order chi connectivity index (χ1) is 8.83. The fourth-order valence-corrected chi connectivity index (χ4v) is 2.25. The molecule has 0 aliphatic rings. The van der Waals surface area contributed by atoms with Gasteiger partial charge in [-0.05, 0) is 37.6 Å². The molecule has 1 atom stereocenters. The standard InChI is InChI=1S/C13H19NO4S/c1-3-18-11-6-4-10(5-7-11)13(15)12(14)8-9-19(2,16)17/h4-7,12H,3,8-9,14H2,1-2H3. The van der Waals surface area contributed by atoms with Gasteiger partial charge in [-0.25, -0.2) is 8.42 Å². The molecule has 0 heterocycles. The Morgan fingerprint density at radius 2 is 1.89 bits per heavy atom. The van der Waals surface area contributed by atoms with E-state index >= 15 is 0 Å². The number of hydrogen-bond donors (Lipinski definition) is 1. The van der Waals surface area contributed by atoms with Crippen molar-refractivity contribution in [2.24, 2.45) is 5.73 Å². The fraction of sp³-hybridized carbons (Fsp3) is 0.462. The molecule has 0 saturated carbocycles. The van der Waals surface area contributed by atoms with E-state index in [1.807, 2.05) is 6.92 Å². The average molecular weight is 285 g/mol. The predicted octanol–water partition coefficient (Wildman–Crippen LogP) is 1.03. The van der Waals surface area contributed by atoms with Crippen molar-refractivity contribution in [2.75, 3.05) is 18.6 Å². The van der Waals surface area contributed by atoms with Gasteiger partial charge in [-0.15, -0.1) is 0 Å². The van der Waals surface area contributed by atoms with Crippen LogP contribution in [0.15, 0.2) is 24.3 Å². The van der Waals surface area contributed by atoms with Crippen LogP contribution in [0.3, 0.4) is 0 Å². The summed E-state index contributed by atoms with van der Waals surface area (Å²) in [4.78, 5) is 12.0. The van der Waals surface area contributed by atoms with Crippen LogP contribution in [0, 0.1) is 0 Å². The number of hydrogen-bond acceptors (Lipinski definition) is 5. The maximum Gasteiger partial charge on any atom is 0.179 e. The first-order valence-electron chi connectivity index (χ1n) is 6.04. The van der Waals surface area contributed by atoms with Crippen LogP contribution in [-0.4, -0.2) is 38.9 Å². The van der Waals surface area contributed by atoms with Gasteiger partial charge in [0.2, 0.25) is 0 Å². The SMILES string of the molecule is CCOc1ccc(C(=O)C(N)CCS(C)(=O)=O)cc1. The minimum atomic E-state index is -3.10. The summed E-state index contributed by atoms with van der Waals surface area (Å²) in [5.74, 6) is 0.340. The molecule has 1 aromatic carbocycles. The minimum Gasteiger partial charge on any atom is -0.494 e. The smallest absolute Gasteiger partial charge is 0.179 e. The molecule has 0 amide bonds. The summed E-state index contributed by atoms with van der Waals surface area (Å²) < 4.78 is 27.3. The number of nitrogens with two attached hydrogens (primary N) is 1. The Hall–Kier alpha value is -1.40. The van der Waals surface area contributed by atoms with Crippen molar-refractivity contribution in [3.05, 3.63) is 29.8 Å². The summed E-state index contributed by atoms with van der Waals surface area (Å²) in [7, 11) is -3.10. The molecule has 0 saturated heterocycles. The van der Waals surface area contributed by atoms with Crippen LogP contribution in [0.25, 0.3) is 0 Å². The lowest BCUT2D eigenvalue weighted by Gasteiger charge is -2.10. The van der Waals surface area contributed by atoms with Crippen LogP contribution in [0.1, 0.15) is 23.7 Å². The van der Waals surface area contributed by atoms with E-state index in [9.17, 15) is 13.2 Å². The Kier molecular flexibility index (Phi) is 5.50. The summed E-state index contributed by atoms with van der Waals surface area (Å²) in [5, 5.41) is 0. The van der Waals surface area contributed by atoms with Crippen molar-refractivity contribution in [2.45, 2.75) is 19.4 Å². The van der Waals surface area contributed by atoms with Crippen LogP contribution in [-0.2, 0) is 9.84 Å². The Bertz CT molecular complexity index is 522. The number of benzene rings is 1. The predicted molar refractivity (Wildman–Crippen MR) is 74.2 cm³/mol. The summed E-state index contributed by atoms with van der Waals surface area (Å²) >= 11 is 0. The maximum absolute atomic E-state index is 12.0. The molecule has 1 aromatic rings. The van der Waals surface area contributed by atoms with Crippen LogP contribution in [0.4, 0.5) is 0 Å². The second kappa shape index (κ2) is 6.68. The van der Waals surface area contributed by atoms with Crippen LogP contribution < -0.4 is 10.5 Å². The molecule has 0 aliphatic heterocycles. The second-order valence-corrected chi connectivity index (χ2v) is 6.61. The van der Waals surface area contributed by atoms with E-state index in [1.54, 1.807) is 24.3 Å². The van der Waals surface area contributed by atoms with Crippen molar-refractivity contribution in [1.29, 1.82) is 0 Å². The highest BCUT2D eigenvalue weighted by Crippen LogP contribution is 2.14. The first-order valence-corrected chi connectivity index (χ1v) is 8.10. The van der Waals surface area contributed by atoms with Crippen molar-refractivity contribution in [1.82, 2.24) is 0 Å². The third kappa shape index (κ3) is 5.40. The minimum absolute atomic E-state index is 0.0864. The molecule has 0 bridgehead atoms. The van der Waals surface area contributed by atoms with Gasteiger partial charge in [-0.1, -0.05) is 0 Å². The summed E-state index contributed by atoms with van der Waals surface area (Å²) in [6.45, 7) is 2.43. The topological polar surface area (TPSA) is 86.5 Å². The Balaban J connectivity index is 2.66. The molecule has 0 aliphatic carbocycles. The van der Waals surface area contributed by atoms with Crippen molar-refractivity contribution >= 4 is 15.6 Å². The normalized spacial score (nSPS) is 13.0. The van der Waals surface area contributed by atoms with E-state index < -0.39 is 15.9 Å². The zero-order valence-electron chi connectivity index (χ0n) is 11.1. The van der Waals surface area contributed by atoms with Gasteiger partial charge in [0.15, 0.2) is 5.78 Å². The molecular formula is C13H19NO4S. The molecule has 1 rings (SSSR count). The average Bonchev–Trinajstić information content (AvgIpc) is 2.35. The van der Waals surface area contributed by atoms with E-state index in [2.05, 4.69) is 0 Å². The third-order valence-corrected chi connectivity index (χ3v) is 3.56. The largest absolute Gasteiger partial charge is 0.494 e. The molecule has 0 radical (unpaired) electrons. The lowest BCUT2D eigenvalue weighted by Crippen LogP contribution is -2.32. The molecule has 2 N–H and O–H groups in total. The van der Waals surface area contributed by atoms with Crippen molar-refractivity contribution < 1.29 is 17.9 Å². The van der Waals surface area contributed by atoms with Gasteiger partial charge in [0, 0.05) is 11.8 Å². The number of ketones is 1. The monoisotopic (exact) mass is 285 g/mol. The Morgan fingerprint density at radius 1 is 1.32 bits per heavy atom. The van der Waals surface area contributed by atoms with Gasteiger partial charge < -0.3 is 10.5 Å². The quantitative estimate of drug-likeness (QED) is 0.756. The van der Waals surface area contributed by atoms with E-state index in [4.69, 9.17) is 10.5 Å². The number of rotatable bonds is 7. The highest BCUT2D eigenvalue weighted by atomic mass is 32.2. The molecule has 0 spiro atoms. The lowest BCUT2D eigenvalue weighted by atomic mass is 10.0. The molecule has 6 heteroatoms. The second-order valence-electron chi connectivity index (χ2n) is 4.35. The molecule has 1 unspecified atom stereocenters. The van der Waals surface area contributed by atoms with Crippen molar-refractivity contribution in [3.63, 3.8) is 0 Å². The maximum atomic E-state index is 12.0. The summed E-state index contributed by atoms with van der Waals surface area (Å²) in [5.41, 5.74) is 6.17. The number of sulfone groups is 1. The van der Waals surface area contributed by atoms with E-state index in [0.29, 0.717) is 17.9 Å².